The maximum absolute atomic E-state index is 11.9. The van der Waals surface area contributed by atoms with Crippen LogP contribution in [0.3, 0.4) is 0 Å². The predicted octanol–water partition coefficient (Wildman–Crippen LogP) is 1.06. The molecule has 0 aromatic carbocycles. The molecule has 0 aliphatic rings. The van der Waals surface area contributed by atoms with Gasteiger partial charge in [0.25, 0.3) is 0 Å². The Kier molecular flexibility index (Phi) is 2.78. The summed E-state index contributed by atoms with van der Waals surface area (Å²) in [4.78, 5) is 11.3. The molecule has 1 rings (SSSR count). The molecule has 1 aromatic heterocycles. The van der Waals surface area contributed by atoms with Gasteiger partial charge in [-0.1, -0.05) is 0 Å². The van der Waals surface area contributed by atoms with Gasteiger partial charge in [0, 0.05) is 13.1 Å². The van der Waals surface area contributed by atoms with Crippen molar-refractivity contribution < 1.29 is 17.9 Å². The molecule has 0 radical (unpaired) electrons. The summed E-state index contributed by atoms with van der Waals surface area (Å²) in [5.74, 6) is 0. The number of hydrogen-bond donors (Lipinski definition) is 0. The van der Waals surface area contributed by atoms with E-state index in [0.29, 0.717) is 0 Å². The van der Waals surface area contributed by atoms with Crippen molar-refractivity contribution in [2.75, 3.05) is 0 Å². The van der Waals surface area contributed by atoms with Crippen molar-refractivity contribution in [1.29, 1.82) is 0 Å². The molecule has 0 saturated heterocycles. The molecule has 0 saturated carbocycles. The molecule has 0 aliphatic heterocycles. The van der Waals surface area contributed by atoms with Gasteiger partial charge in [-0.25, -0.2) is 14.0 Å². The molecule has 0 N–H and O–H groups in total. The molecule has 0 bridgehead atoms. The zero-order valence-electron chi connectivity index (χ0n) is 8.37. The summed E-state index contributed by atoms with van der Waals surface area (Å²) >= 11 is 0. The Morgan fingerprint density at radius 1 is 1.40 bits per heavy atom. The second-order valence-corrected chi connectivity index (χ2v) is 3.20. The fourth-order valence-corrected chi connectivity index (χ4v) is 1.07. The van der Waals surface area contributed by atoms with E-state index in [1.807, 2.05) is 0 Å². The van der Waals surface area contributed by atoms with Crippen molar-refractivity contribution in [3.63, 3.8) is 0 Å². The number of aryl methyl sites for hydroxylation is 1. The van der Waals surface area contributed by atoms with E-state index in [1.165, 1.54) is 7.05 Å². The number of aromatic nitrogens is 3. The number of halogens is 3. The Bertz CT molecular complexity index is 405. The second-order valence-electron chi connectivity index (χ2n) is 3.20. The zero-order valence-corrected chi connectivity index (χ0v) is 8.37. The van der Waals surface area contributed by atoms with Crippen LogP contribution in [0.5, 0.6) is 6.01 Å². The zero-order chi connectivity index (χ0) is 11.8. The Balaban J connectivity index is 3.19. The van der Waals surface area contributed by atoms with Gasteiger partial charge in [-0.3, -0.25) is 0 Å². The third-order valence-electron chi connectivity index (χ3n) is 1.65. The number of alkyl halides is 3. The van der Waals surface area contributed by atoms with Crippen LogP contribution in [-0.4, -0.2) is 20.7 Å². The molecule has 1 aromatic rings. The highest BCUT2D eigenvalue weighted by Crippen LogP contribution is 2.21. The number of hydrogen-bond acceptors (Lipinski definition) is 3. The molecule has 1 heterocycles. The fourth-order valence-electron chi connectivity index (χ4n) is 1.07. The molecule has 0 atom stereocenters. The van der Waals surface area contributed by atoms with E-state index in [0.717, 1.165) is 9.25 Å². The maximum atomic E-state index is 11.9. The summed E-state index contributed by atoms with van der Waals surface area (Å²) in [6.45, 7) is 3.12. The van der Waals surface area contributed by atoms with Gasteiger partial charge in [-0.15, -0.1) is 18.3 Å². The molecule has 15 heavy (non-hydrogen) atoms. The van der Waals surface area contributed by atoms with Crippen molar-refractivity contribution in [3.8, 4) is 6.01 Å². The Hall–Kier alpha value is -1.47. The topological polar surface area (TPSA) is 49.0 Å². The van der Waals surface area contributed by atoms with E-state index in [1.54, 1.807) is 13.8 Å². The molecule has 0 fully saturated rings. The van der Waals surface area contributed by atoms with Gasteiger partial charge < -0.3 is 4.74 Å². The Morgan fingerprint density at radius 2 is 1.93 bits per heavy atom. The SMILES string of the molecule is CC(C)n1c(OC(F)(F)F)nn(C)c1=O. The lowest BCUT2D eigenvalue weighted by Crippen LogP contribution is -2.26. The highest BCUT2D eigenvalue weighted by Gasteiger charge is 2.34. The quantitative estimate of drug-likeness (QED) is 0.756. The van der Waals surface area contributed by atoms with Gasteiger partial charge >= 0.3 is 18.1 Å². The van der Waals surface area contributed by atoms with Gasteiger partial charge in [-0.05, 0) is 13.8 Å². The second kappa shape index (κ2) is 3.59. The molecule has 5 nitrogen and oxygen atoms in total. The average Bonchev–Trinajstić information content (AvgIpc) is 2.23. The van der Waals surface area contributed by atoms with E-state index in [9.17, 15) is 18.0 Å². The number of rotatable bonds is 2. The molecular weight excluding hydrogens is 215 g/mol. The fraction of sp³-hybridized carbons (Fsp3) is 0.714. The molecular formula is C7H10F3N3O2. The van der Waals surface area contributed by atoms with Gasteiger partial charge in [0.1, 0.15) is 0 Å². The number of nitrogens with zero attached hydrogens (tertiary/aromatic N) is 3. The predicted molar refractivity (Wildman–Crippen MR) is 44.5 cm³/mol. The minimum atomic E-state index is -4.85. The van der Waals surface area contributed by atoms with Crippen LogP contribution in [0.1, 0.15) is 19.9 Å². The maximum Gasteiger partial charge on any atom is 0.575 e. The standard InChI is InChI=1S/C7H10F3N3O2/c1-4(2)13-5(15-7(8,9)10)11-12(3)6(13)14/h4H,1-3H3. The molecule has 0 aliphatic carbocycles. The first-order valence-electron chi connectivity index (χ1n) is 4.13. The molecule has 0 amide bonds. The van der Waals surface area contributed by atoms with Gasteiger partial charge in [0.15, 0.2) is 0 Å². The Morgan fingerprint density at radius 3 is 2.33 bits per heavy atom. The van der Waals surface area contributed by atoms with Crippen molar-refractivity contribution in [1.82, 2.24) is 14.3 Å². The van der Waals surface area contributed by atoms with Crippen LogP contribution < -0.4 is 10.4 Å². The van der Waals surface area contributed by atoms with Crippen LogP contribution in [0.25, 0.3) is 0 Å². The van der Waals surface area contributed by atoms with E-state index < -0.39 is 24.1 Å². The summed E-state index contributed by atoms with van der Waals surface area (Å²) in [5.41, 5.74) is -0.649. The first kappa shape index (κ1) is 11.6. The van der Waals surface area contributed by atoms with E-state index >= 15 is 0 Å². The van der Waals surface area contributed by atoms with Crippen molar-refractivity contribution in [3.05, 3.63) is 10.5 Å². The number of ether oxygens (including phenoxy) is 1. The lowest BCUT2D eigenvalue weighted by Gasteiger charge is -2.10. The third-order valence-corrected chi connectivity index (χ3v) is 1.65. The van der Waals surface area contributed by atoms with Gasteiger partial charge in [0.2, 0.25) is 0 Å². The van der Waals surface area contributed by atoms with E-state index in [4.69, 9.17) is 0 Å². The van der Waals surface area contributed by atoms with Crippen molar-refractivity contribution in [2.45, 2.75) is 26.3 Å². The lowest BCUT2D eigenvalue weighted by atomic mass is 10.4. The normalized spacial score (nSPS) is 12.2. The average molecular weight is 225 g/mol. The summed E-state index contributed by atoms with van der Waals surface area (Å²) in [5, 5.41) is 3.34. The minimum Gasteiger partial charge on any atom is -0.371 e. The van der Waals surface area contributed by atoms with E-state index in [2.05, 4.69) is 9.84 Å². The van der Waals surface area contributed by atoms with Crippen LogP contribution in [0, 0.1) is 0 Å². The molecule has 0 spiro atoms. The summed E-state index contributed by atoms with van der Waals surface area (Å²) in [7, 11) is 1.25. The largest absolute Gasteiger partial charge is 0.575 e. The monoisotopic (exact) mass is 225 g/mol. The first-order chi connectivity index (χ1) is 6.72. The Labute approximate surface area is 83.1 Å². The molecule has 0 unspecified atom stereocenters. The van der Waals surface area contributed by atoms with Crippen molar-refractivity contribution >= 4 is 0 Å². The van der Waals surface area contributed by atoms with Crippen LogP contribution >= 0.6 is 0 Å². The summed E-state index contributed by atoms with van der Waals surface area (Å²) in [6, 6.07) is -1.20. The molecule has 86 valence electrons. The minimum absolute atomic E-state index is 0.455. The molecule has 8 heteroatoms. The summed E-state index contributed by atoms with van der Waals surface area (Å²) < 4.78 is 41.1. The van der Waals surface area contributed by atoms with Gasteiger partial charge in [0.05, 0.1) is 0 Å². The lowest BCUT2D eigenvalue weighted by molar-refractivity contribution is -0.279. The third kappa shape index (κ3) is 2.51. The highest BCUT2D eigenvalue weighted by atomic mass is 19.4. The van der Waals surface area contributed by atoms with Crippen LogP contribution in [0.2, 0.25) is 0 Å². The highest BCUT2D eigenvalue weighted by molar-refractivity contribution is 4.96. The van der Waals surface area contributed by atoms with Crippen molar-refractivity contribution in [2.24, 2.45) is 7.05 Å². The first-order valence-corrected chi connectivity index (χ1v) is 4.13. The van der Waals surface area contributed by atoms with E-state index in [-0.39, 0.29) is 0 Å². The summed E-state index contributed by atoms with van der Waals surface area (Å²) in [6.07, 6.45) is -4.85. The smallest absolute Gasteiger partial charge is 0.371 e. The van der Waals surface area contributed by atoms with Crippen LogP contribution in [0.4, 0.5) is 13.2 Å². The van der Waals surface area contributed by atoms with Crippen LogP contribution in [0.15, 0.2) is 4.79 Å². The van der Waals surface area contributed by atoms with Gasteiger partial charge in [-0.2, -0.15) is 0 Å². The van der Waals surface area contributed by atoms with Crippen LogP contribution in [-0.2, 0) is 7.05 Å².